The molecule has 0 spiro atoms. The van der Waals surface area contributed by atoms with Crippen molar-refractivity contribution in [2.24, 2.45) is 0 Å². The molecule has 2 saturated heterocycles. The van der Waals surface area contributed by atoms with Gasteiger partial charge in [-0.3, -0.25) is 4.57 Å². The standard InChI is InChI=1S/C15H18N8O3/c16-13-12-14(21-15(20-13)19-6-22-2-1-17-5-22)23(7-18-12)11-3-9-10(26-11)4-24-8-25-9/h1-2,5,7,9-11H,3-4,6,8H2,(H3,16,19,20,21). The van der Waals surface area contributed by atoms with Crippen LogP contribution in [0.1, 0.15) is 12.6 Å². The molecule has 11 nitrogen and oxygen atoms in total. The number of imidazole rings is 2. The zero-order valence-electron chi connectivity index (χ0n) is 13.9. The number of rotatable bonds is 4. The summed E-state index contributed by atoms with van der Waals surface area (Å²) in [6.07, 6.45) is 7.35. The molecule has 0 amide bonds. The lowest BCUT2D eigenvalue weighted by Crippen LogP contribution is -2.35. The summed E-state index contributed by atoms with van der Waals surface area (Å²) in [5, 5.41) is 3.13. The highest BCUT2D eigenvalue weighted by Gasteiger charge is 2.40. The number of aromatic nitrogens is 6. The third kappa shape index (κ3) is 2.66. The molecule has 3 aromatic rings. The van der Waals surface area contributed by atoms with Crippen molar-refractivity contribution in [1.29, 1.82) is 0 Å². The Morgan fingerprint density at radius 3 is 3.08 bits per heavy atom. The minimum absolute atomic E-state index is 0.0178. The predicted octanol–water partition coefficient (Wildman–Crippen LogP) is 0.335. The molecule has 3 unspecified atom stereocenters. The fraction of sp³-hybridized carbons (Fsp3) is 0.467. The van der Waals surface area contributed by atoms with Crippen molar-refractivity contribution in [1.82, 2.24) is 29.1 Å². The van der Waals surface area contributed by atoms with Crippen molar-refractivity contribution in [3.8, 4) is 0 Å². The Bertz CT molecular complexity index is 897. The zero-order chi connectivity index (χ0) is 17.5. The number of hydrogen-bond donors (Lipinski definition) is 2. The Morgan fingerprint density at radius 1 is 1.27 bits per heavy atom. The zero-order valence-corrected chi connectivity index (χ0v) is 13.9. The summed E-state index contributed by atoms with van der Waals surface area (Å²) in [6.45, 7) is 1.32. The Kier molecular flexibility index (Phi) is 3.69. The SMILES string of the molecule is Nc1nc(NCn2ccnc2)nc2c1ncn2C1CC2OCOCC2O1. The number of anilines is 2. The molecule has 0 saturated carbocycles. The fourth-order valence-electron chi connectivity index (χ4n) is 3.27. The van der Waals surface area contributed by atoms with Gasteiger partial charge in [-0.05, 0) is 0 Å². The summed E-state index contributed by atoms with van der Waals surface area (Å²) in [7, 11) is 0. The van der Waals surface area contributed by atoms with Gasteiger partial charge in [0.1, 0.15) is 24.6 Å². The van der Waals surface area contributed by atoms with Crippen molar-refractivity contribution in [2.75, 3.05) is 24.5 Å². The van der Waals surface area contributed by atoms with E-state index in [-0.39, 0.29) is 18.4 Å². The molecule has 0 aliphatic carbocycles. The molecule has 0 bridgehead atoms. The van der Waals surface area contributed by atoms with Gasteiger partial charge in [0.15, 0.2) is 11.5 Å². The van der Waals surface area contributed by atoms with E-state index in [0.29, 0.717) is 49.4 Å². The van der Waals surface area contributed by atoms with E-state index < -0.39 is 0 Å². The van der Waals surface area contributed by atoms with E-state index >= 15 is 0 Å². The second-order valence-corrected chi connectivity index (χ2v) is 6.23. The minimum atomic E-state index is -0.229. The molecule has 0 radical (unpaired) electrons. The van der Waals surface area contributed by atoms with Gasteiger partial charge >= 0.3 is 0 Å². The molecular formula is C15H18N8O3. The summed E-state index contributed by atoms with van der Waals surface area (Å²) in [5.74, 6) is 0.734. The van der Waals surface area contributed by atoms with Crippen LogP contribution < -0.4 is 11.1 Å². The van der Waals surface area contributed by atoms with Crippen LogP contribution in [0.2, 0.25) is 0 Å². The van der Waals surface area contributed by atoms with E-state index in [9.17, 15) is 0 Å². The summed E-state index contributed by atoms with van der Waals surface area (Å²) in [5.41, 5.74) is 7.23. The quantitative estimate of drug-likeness (QED) is 0.678. The van der Waals surface area contributed by atoms with E-state index in [1.807, 2.05) is 15.3 Å². The lowest BCUT2D eigenvalue weighted by molar-refractivity contribution is -0.182. The van der Waals surface area contributed by atoms with Gasteiger partial charge in [-0.25, -0.2) is 9.97 Å². The molecule has 2 aliphatic heterocycles. The van der Waals surface area contributed by atoms with E-state index in [2.05, 4.69) is 25.3 Å². The predicted molar refractivity (Wildman–Crippen MR) is 89.8 cm³/mol. The third-order valence-electron chi connectivity index (χ3n) is 4.57. The monoisotopic (exact) mass is 358 g/mol. The average molecular weight is 358 g/mol. The average Bonchev–Trinajstić information content (AvgIpc) is 3.38. The molecule has 26 heavy (non-hydrogen) atoms. The van der Waals surface area contributed by atoms with Gasteiger partial charge in [0.25, 0.3) is 0 Å². The molecule has 5 rings (SSSR count). The third-order valence-corrected chi connectivity index (χ3v) is 4.57. The van der Waals surface area contributed by atoms with Crippen LogP contribution >= 0.6 is 0 Å². The first-order valence-corrected chi connectivity index (χ1v) is 8.32. The fourth-order valence-corrected chi connectivity index (χ4v) is 3.27. The molecule has 0 aromatic carbocycles. The first-order chi connectivity index (χ1) is 12.8. The number of nitrogen functional groups attached to an aromatic ring is 1. The van der Waals surface area contributed by atoms with E-state index in [1.165, 1.54) is 0 Å². The van der Waals surface area contributed by atoms with Gasteiger partial charge in [-0.15, -0.1) is 0 Å². The second kappa shape index (κ2) is 6.20. The van der Waals surface area contributed by atoms with Gasteiger partial charge in [-0.2, -0.15) is 9.97 Å². The van der Waals surface area contributed by atoms with Crippen LogP contribution in [0.5, 0.6) is 0 Å². The molecule has 3 N–H and O–H groups in total. The molecular weight excluding hydrogens is 340 g/mol. The number of fused-ring (bicyclic) bond motifs is 2. The summed E-state index contributed by atoms with van der Waals surface area (Å²) >= 11 is 0. The first kappa shape index (κ1) is 15.5. The maximum absolute atomic E-state index is 6.06. The Balaban J connectivity index is 1.43. The van der Waals surface area contributed by atoms with Crippen LogP contribution in [0, 0.1) is 0 Å². The molecule has 3 atom stereocenters. The molecule has 11 heteroatoms. The maximum atomic E-state index is 6.06. The van der Waals surface area contributed by atoms with Gasteiger partial charge in [0.05, 0.1) is 32.0 Å². The van der Waals surface area contributed by atoms with E-state index in [1.54, 1.807) is 18.9 Å². The number of ether oxygens (including phenoxy) is 3. The van der Waals surface area contributed by atoms with Crippen LogP contribution in [-0.2, 0) is 20.9 Å². The highest BCUT2D eigenvalue weighted by molar-refractivity contribution is 5.82. The smallest absolute Gasteiger partial charge is 0.228 e. The van der Waals surface area contributed by atoms with Crippen molar-refractivity contribution in [2.45, 2.75) is 31.5 Å². The largest absolute Gasteiger partial charge is 0.382 e. The van der Waals surface area contributed by atoms with Crippen molar-refractivity contribution in [3.05, 3.63) is 25.0 Å². The number of nitrogens with one attached hydrogen (secondary N) is 1. The van der Waals surface area contributed by atoms with Crippen LogP contribution in [-0.4, -0.2) is 54.7 Å². The van der Waals surface area contributed by atoms with Crippen LogP contribution in [0.3, 0.4) is 0 Å². The topological polar surface area (TPSA) is 127 Å². The summed E-state index contributed by atoms with van der Waals surface area (Å²) in [4.78, 5) is 17.2. The van der Waals surface area contributed by atoms with Crippen LogP contribution in [0.15, 0.2) is 25.0 Å². The molecule has 136 valence electrons. The van der Waals surface area contributed by atoms with Crippen molar-refractivity contribution in [3.63, 3.8) is 0 Å². The normalized spacial score (nSPS) is 25.5. The lowest BCUT2D eigenvalue weighted by atomic mass is 10.2. The number of hydrogen-bond acceptors (Lipinski definition) is 9. The summed E-state index contributed by atoms with van der Waals surface area (Å²) in [6, 6.07) is 0. The lowest BCUT2D eigenvalue weighted by Gasteiger charge is -2.23. The van der Waals surface area contributed by atoms with Gasteiger partial charge in [0.2, 0.25) is 5.95 Å². The van der Waals surface area contributed by atoms with E-state index in [4.69, 9.17) is 19.9 Å². The van der Waals surface area contributed by atoms with Crippen molar-refractivity contribution >= 4 is 22.9 Å². The maximum Gasteiger partial charge on any atom is 0.228 e. The molecule has 2 fully saturated rings. The first-order valence-electron chi connectivity index (χ1n) is 8.32. The Morgan fingerprint density at radius 2 is 2.23 bits per heavy atom. The van der Waals surface area contributed by atoms with Gasteiger partial charge < -0.3 is 29.8 Å². The van der Waals surface area contributed by atoms with Gasteiger partial charge in [0, 0.05) is 18.8 Å². The number of nitrogens with two attached hydrogens (primary N) is 1. The second-order valence-electron chi connectivity index (χ2n) is 6.23. The Hall–Kier alpha value is -2.76. The highest BCUT2D eigenvalue weighted by Crippen LogP contribution is 2.34. The molecule has 3 aromatic heterocycles. The minimum Gasteiger partial charge on any atom is -0.382 e. The van der Waals surface area contributed by atoms with Crippen molar-refractivity contribution < 1.29 is 14.2 Å². The number of nitrogens with zero attached hydrogens (tertiary/aromatic N) is 6. The van der Waals surface area contributed by atoms with Crippen LogP contribution in [0.25, 0.3) is 11.2 Å². The van der Waals surface area contributed by atoms with Gasteiger partial charge in [-0.1, -0.05) is 0 Å². The molecule has 2 aliphatic rings. The van der Waals surface area contributed by atoms with Crippen LogP contribution in [0.4, 0.5) is 11.8 Å². The highest BCUT2D eigenvalue weighted by atomic mass is 16.7. The molecule has 5 heterocycles. The Labute approximate surface area is 148 Å². The van der Waals surface area contributed by atoms with E-state index in [0.717, 1.165) is 0 Å². The summed E-state index contributed by atoms with van der Waals surface area (Å²) < 4.78 is 20.7.